The van der Waals surface area contributed by atoms with Crippen molar-refractivity contribution in [1.82, 2.24) is 0 Å². The van der Waals surface area contributed by atoms with E-state index in [0.29, 0.717) is 0 Å². The lowest BCUT2D eigenvalue weighted by Crippen LogP contribution is -2.14. The monoisotopic (exact) mass is 246 g/mol. The van der Waals surface area contributed by atoms with Crippen LogP contribution in [-0.2, 0) is 0 Å². The third-order valence-corrected chi connectivity index (χ3v) is 2.40. The Morgan fingerprint density at radius 2 is 1.94 bits per heavy atom. The van der Waals surface area contributed by atoms with Crippen LogP contribution in [-0.4, -0.2) is 11.0 Å². The van der Waals surface area contributed by atoms with Crippen molar-refractivity contribution >= 4 is 17.3 Å². The fraction of sp³-hybridized carbons (Fsp3) is 0. The molecule has 0 unspecified atom stereocenters. The van der Waals surface area contributed by atoms with Gasteiger partial charge in [-0.1, -0.05) is 12.1 Å². The normalized spacial score (nSPS) is 10.1. The van der Waals surface area contributed by atoms with Gasteiger partial charge < -0.3 is 16.2 Å². The Hall–Kier alpha value is -2.56. The molecule has 0 saturated heterocycles. The maximum Gasteiger partial charge on any atom is 0.257 e. The van der Waals surface area contributed by atoms with E-state index in [1.807, 2.05) is 0 Å². The first kappa shape index (κ1) is 11.9. The number of benzene rings is 2. The van der Waals surface area contributed by atoms with Gasteiger partial charge in [0.05, 0.1) is 11.3 Å². The molecular formula is C13H11FN2O2. The van der Waals surface area contributed by atoms with Crippen molar-refractivity contribution in [2.24, 2.45) is 0 Å². The highest BCUT2D eigenvalue weighted by molar-refractivity contribution is 6.08. The second-order valence-electron chi connectivity index (χ2n) is 3.71. The Balaban J connectivity index is 2.28. The molecule has 0 bridgehead atoms. The molecule has 18 heavy (non-hydrogen) atoms. The number of carbonyl (C=O) groups excluding carboxylic acids is 1. The van der Waals surface area contributed by atoms with Crippen molar-refractivity contribution in [1.29, 1.82) is 0 Å². The van der Waals surface area contributed by atoms with E-state index in [9.17, 15) is 14.3 Å². The van der Waals surface area contributed by atoms with Crippen molar-refractivity contribution in [3.8, 4) is 5.75 Å². The summed E-state index contributed by atoms with van der Waals surface area (Å²) in [5.74, 6) is -1.19. The first-order valence-electron chi connectivity index (χ1n) is 5.22. The summed E-state index contributed by atoms with van der Waals surface area (Å²) in [4.78, 5) is 11.9. The molecule has 2 aromatic carbocycles. The minimum Gasteiger partial charge on any atom is -0.508 e. The second-order valence-corrected chi connectivity index (χ2v) is 3.71. The summed E-state index contributed by atoms with van der Waals surface area (Å²) in [6.07, 6.45) is 0. The molecule has 0 saturated carbocycles. The van der Waals surface area contributed by atoms with Gasteiger partial charge in [0.2, 0.25) is 0 Å². The molecule has 0 heterocycles. The van der Waals surface area contributed by atoms with Crippen molar-refractivity contribution < 1.29 is 14.3 Å². The Bertz CT molecular complexity index is 599. The van der Waals surface area contributed by atoms with Gasteiger partial charge in [0, 0.05) is 5.69 Å². The molecule has 0 aromatic heterocycles. The van der Waals surface area contributed by atoms with Gasteiger partial charge in [-0.2, -0.15) is 0 Å². The number of nitrogens with one attached hydrogen (secondary N) is 1. The highest BCUT2D eigenvalue weighted by Gasteiger charge is 2.12. The van der Waals surface area contributed by atoms with E-state index < -0.39 is 11.7 Å². The molecule has 0 aliphatic rings. The van der Waals surface area contributed by atoms with Crippen molar-refractivity contribution in [2.75, 3.05) is 11.1 Å². The van der Waals surface area contributed by atoms with Crippen LogP contribution in [0.25, 0.3) is 0 Å². The average molecular weight is 246 g/mol. The lowest BCUT2D eigenvalue weighted by atomic mass is 10.1. The summed E-state index contributed by atoms with van der Waals surface area (Å²) in [6.45, 7) is 0. The van der Waals surface area contributed by atoms with Gasteiger partial charge in [0.25, 0.3) is 5.91 Å². The molecule has 1 amide bonds. The third kappa shape index (κ3) is 2.40. The van der Waals surface area contributed by atoms with Crippen LogP contribution in [0.4, 0.5) is 15.8 Å². The van der Waals surface area contributed by atoms with Crippen LogP contribution in [0, 0.1) is 5.82 Å². The molecule has 4 N–H and O–H groups in total. The van der Waals surface area contributed by atoms with E-state index in [1.54, 1.807) is 6.07 Å². The van der Waals surface area contributed by atoms with Crippen LogP contribution in [0.2, 0.25) is 0 Å². The zero-order valence-corrected chi connectivity index (χ0v) is 9.35. The van der Waals surface area contributed by atoms with Gasteiger partial charge >= 0.3 is 0 Å². The number of hydrogen-bond donors (Lipinski definition) is 3. The molecule has 4 nitrogen and oxygen atoms in total. The number of aromatic hydroxyl groups is 1. The Morgan fingerprint density at radius 3 is 2.67 bits per heavy atom. The fourth-order valence-electron chi connectivity index (χ4n) is 1.49. The van der Waals surface area contributed by atoms with Gasteiger partial charge in [-0.15, -0.1) is 0 Å². The summed E-state index contributed by atoms with van der Waals surface area (Å²) in [5, 5.41) is 11.7. The van der Waals surface area contributed by atoms with E-state index >= 15 is 0 Å². The molecule has 5 heteroatoms. The van der Waals surface area contributed by atoms with Crippen LogP contribution in [0.1, 0.15) is 10.4 Å². The average Bonchev–Trinajstić information content (AvgIpc) is 2.35. The summed E-state index contributed by atoms with van der Waals surface area (Å²) in [7, 11) is 0. The van der Waals surface area contributed by atoms with Crippen molar-refractivity contribution in [2.45, 2.75) is 0 Å². The van der Waals surface area contributed by atoms with Gasteiger partial charge in [-0.3, -0.25) is 4.79 Å². The maximum atomic E-state index is 13.4. The lowest BCUT2D eigenvalue weighted by Gasteiger charge is -2.08. The zero-order chi connectivity index (χ0) is 13.1. The molecule has 0 radical (unpaired) electrons. The van der Waals surface area contributed by atoms with E-state index in [2.05, 4.69) is 5.32 Å². The second kappa shape index (κ2) is 4.75. The van der Waals surface area contributed by atoms with Gasteiger partial charge in [0.15, 0.2) is 0 Å². The fourth-order valence-corrected chi connectivity index (χ4v) is 1.49. The molecule has 0 atom stereocenters. The number of halogens is 1. The number of phenolic OH excluding ortho intramolecular Hbond substituents is 1. The van der Waals surface area contributed by atoms with Gasteiger partial charge in [0.1, 0.15) is 11.6 Å². The predicted octanol–water partition coefficient (Wildman–Crippen LogP) is 2.37. The lowest BCUT2D eigenvalue weighted by molar-refractivity contribution is 0.102. The minimum absolute atomic E-state index is 0.0604. The van der Waals surface area contributed by atoms with Crippen LogP contribution < -0.4 is 11.1 Å². The molecule has 0 spiro atoms. The SMILES string of the molecule is Nc1ccc(O)cc1C(=O)Nc1ccccc1F. The molecule has 2 rings (SSSR count). The van der Waals surface area contributed by atoms with Crippen molar-refractivity contribution in [3.05, 3.63) is 53.8 Å². The number of anilines is 2. The zero-order valence-electron chi connectivity index (χ0n) is 9.35. The highest BCUT2D eigenvalue weighted by Crippen LogP contribution is 2.20. The van der Waals surface area contributed by atoms with Gasteiger partial charge in [-0.25, -0.2) is 4.39 Å². The molecular weight excluding hydrogens is 235 g/mol. The van der Waals surface area contributed by atoms with E-state index in [-0.39, 0.29) is 22.7 Å². The summed E-state index contributed by atoms with van der Waals surface area (Å²) in [6, 6.07) is 9.80. The van der Waals surface area contributed by atoms with Crippen LogP contribution in [0.5, 0.6) is 5.75 Å². The predicted molar refractivity (Wildman–Crippen MR) is 66.9 cm³/mol. The largest absolute Gasteiger partial charge is 0.508 e. The third-order valence-electron chi connectivity index (χ3n) is 2.40. The first-order chi connectivity index (χ1) is 8.58. The van der Waals surface area contributed by atoms with E-state index in [4.69, 9.17) is 5.73 Å². The van der Waals surface area contributed by atoms with E-state index in [0.717, 1.165) is 0 Å². The molecule has 0 aliphatic heterocycles. The summed E-state index contributed by atoms with van der Waals surface area (Å²) < 4.78 is 13.4. The Kier molecular flexibility index (Phi) is 3.14. The molecule has 0 fully saturated rings. The maximum absolute atomic E-state index is 13.4. The van der Waals surface area contributed by atoms with E-state index in [1.165, 1.54) is 36.4 Å². The highest BCUT2D eigenvalue weighted by atomic mass is 19.1. The smallest absolute Gasteiger partial charge is 0.257 e. The standard InChI is InChI=1S/C13H11FN2O2/c14-10-3-1-2-4-12(10)16-13(18)9-7-8(17)5-6-11(9)15/h1-7,17H,15H2,(H,16,18). The number of nitrogen functional groups attached to an aromatic ring is 1. The number of amides is 1. The first-order valence-corrected chi connectivity index (χ1v) is 5.22. The van der Waals surface area contributed by atoms with Crippen LogP contribution >= 0.6 is 0 Å². The van der Waals surface area contributed by atoms with Crippen LogP contribution in [0.3, 0.4) is 0 Å². The summed E-state index contributed by atoms with van der Waals surface area (Å²) >= 11 is 0. The Labute approximate surface area is 103 Å². The molecule has 0 aliphatic carbocycles. The number of carbonyl (C=O) groups is 1. The minimum atomic E-state index is -0.575. The number of nitrogens with two attached hydrogens (primary N) is 1. The molecule has 2 aromatic rings. The summed E-state index contributed by atoms with van der Waals surface area (Å²) in [5.41, 5.74) is 5.98. The Morgan fingerprint density at radius 1 is 1.22 bits per heavy atom. The van der Waals surface area contributed by atoms with Gasteiger partial charge in [-0.05, 0) is 30.3 Å². The number of para-hydroxylation sites is 1. The van der Waals surface area contributed by atoms with Crippen LogP contribution in [0.15, 0.2) is 42.5 Å². The topological polar surface area (TPSA) is 75.3 Å². The number of rotatable bonds is 2. The number of hydrogen-bond acceptors (Lipinski definition) is 3. The number of phenols is 1. The molecule has 92 valence electrons. The quantitative estimate of drug-likeness (QED) is 0.562. The van der Waals surface area contributed by atoms with Crippen molar-refractivity contribution in [3.63, 3.8) is 0 Å².